The number of aliphatic carboxylic acids is 1. The van der Waals surface area contributed by atoms with E-state index in [1.54, 1.807) is 11.8 Å². The van der Waals surface area contributed by atoms with Crippen molar-refractivity contribution in [3.05, 3.63) is 0 Å². The van der Waals surface area contributed by atoms with E-state index in [4.69, 9.17) is 5.11 Å². The Morgan fingerprint density at radius 3 is 3.00 bits per heavy atom. The highest BCUT2D eigenvalue weighted by Gasteiger charge is 2.47. The molecule has 2 aliphatic heterocycles. The van der Waals surface area contributed by atoms with Gasteiger partial charge in [0, 0.05) is 11.0 Å². The molecule has 3 nitrogen and oxygen atoms in total. The van der Waals surface area contributed by atoms with Gasteiger partial charge in [-0.1, -0.05) is 6.92 Å². The topological polar surface area (TPSA) is 49.3 Å². The maximum Gasteiger partial charge on any atom is 0.321 e. The molecule has 80 valence electrons. The fourth-order valence-electron chi connectivity index (χ4n) is 2.06. The number of nitrogens with one attached hydrogen (secondary N) is 1. The molecule has 14 heavy (non-hydrogen) atoms. The number of carboxylic acid groups (broad SMARTS) is 1. The van der Waals surface area contributed by atoms with Crippen LogP contribution in [0, 0.1) is 0 Å². The minimum atomic E-state index is -0.711. The molecule has 0 aliphatic carbocycles. The summed E-state index contributed by atoms with van der Waals surface area (Å²) in [5.41, 5.74) is 0. The van der Waals surface area contributed by atoms with E-state index in [0.29, 0.717) is 11.0 Å². The van der Waals surface area contributed by atoms with E-state index in [0.717, 1.165) is 6.42 Å². The van der Waals surface area contributed by atoms with Crippen LogP contribution in [-0.4, -0.2) is 38.7 Å². The van der Waals surface area contributed by atoms with E-state index in [2.05, 4.69) is 12.2 Å². The minimum Gasteiger partial charge on any atom is -0.480 e. The van der Waals surface area contributed by atoms with Gasteiger partial charge in [0.15, 0.2) is 0 Å². The summed E-state index contributed by atoms with van der Waals surface area (Å²) in [5, 5.41) is 12.7. The molecule has 3 atom stereocenters. The summed E-state index contributed by atoms with van der Waals surface area (Å²) in [4.78, 5) is 10.9. The van der Waals surface area contributed by atoms with Gasteiger partial charge in [-0.15, -0.1) is 11.8 Å². The predicted molar refractivity (Wildman–Crippen MR) is 60.9 cm³/mol. The molecule has 2 saturated heterocycles. The number of carboxylic acids is 1. The van der Waals surface area contributed by atoms with Crippen LogP contribution in [0.4, 0.5) is 0 Å². The van der Waals surface area contributed by atoms with Gasteiger partial charge in [0.2, 0.25) is 0 Å². The van der Waals surface area contributed by atoms with E-state index in [1.165, 1.54) is 12.2 Å². The Hall–Kier alpha value is 0.130. The molecule has 2 unspecified atom stereocenters. The maximum absolute atomic E-state index is 10.9. The van der Waals surface area contributed by atoms with Gasteiger partial charge in [-0.3, -0.25) is 10.1 Å². The highest BCUT2D eigenvalue weighted by molar-refractivity contribution is 8.04. The molecule has 1 spiro atoms. The average molecular weight is 233 g/mol. The van der Waals surface area contributed by atoms with E-state index in [9.17, 15) is 4.79 Å². The van der Waals surface area contributed by atoms with Crippen LogP contribution >= 0.6 is 23.5 Å². The van der Waals surface area contributed by atoms with Crippen LogP contribution in [0.5, 0.6) is 0 Å². The van der Waals surface area contributed by atoms with Gasteiger partial charge in [-0.25, -0.2) is 0 Å². The van der Waals surface area contributed by atoms with Gasteiger partial charge in [0.1, 0.15) is 6.04 Å². The standard InChI is InChI=1S/C9H15NO2S2/c1-6-9(3-2-4-13-6)10-7(5-14-9)8(11)12/h6-7,10H,2-5H2,1H3,(H,11,12)/t6?,7-,9?/m0/s1. The van der Waals surface area contributed by atoms with Gasteiger partial charge in [0.25, 0.3) is 0 Å². The predicted octanol–water partition coefficient (Wildman–Crippen LogP) is 1.39. The molecule has 0 radical (unpaired) electrons. The molecule has 2 heterocycles. The Bertz CT molecular complexity index is 249. The van der Waals surface area contributed by atoms with Crippen molar-refractivity contribution in [3.63, 3.8) is 0 Å². The van der Waals surface area contributed by atoms with Crippen LogP contribution in [0.15, 0.2) is 0 Å². The molecule has 2 N–H and O–H groups in total. The quantitative estimate of drug-likeness (QED) is 0.717. The van der Waals surface area contributed by atoms with Crippen molar-refractivity contribution in [2.24, 2.45) is 0 Å². The SMILES string of the molecule is CC1SCCCC12N[C@H](C(=O)O)CS2. The molecular formula is C9H15NO2S2. The molecule has 0 amide bonds. The lowest BCUT2D eigenvalue weighted by molar-refractivity contribution is -0.138. The fraction of sp³-hybridized carbons (Fsp3) is 0.889. The molecule has 0 aromatic carbocycles. The molecule has 0 saturated carbocycles. The zero-order chi connectivity index (χ0) is 10.2. The lowest BCUT2D eigenvalue weighted by Gasteiger charge is -2.38. The number of carbonyl (C=O) groups is 1. The van der Waals surface area contributed by atoms with Gasteiger partial charge in [0.05, 0.1) is 4.87 Å². The van der Waals surface area contributed by atoms with E-state index < -0.39 is 5.97 Å². The zero-order valence-electron chi connectivity index (χ0n) is 8.16. The summed E-state index contributed by atoms with van der Waals surface area (Å²) in [7, 11) is 0. The van der Waals surface area contributed by atoms with Crippen molar-refractivity contribution in [2.45, 2.75) is 35.9 Å². The van der Waals surface area contributed by atoms with Crippen molar-refractivity contribution in [1.82, 2.24) is 5.32 Å². The van der Waals surface area contributed by atoms with Gasteiger partial charge >= 0.3 is 5.97 Å². The Morgan fingerprint density at radius 2 is 2.43 bits per heavy atom. The maximum atomic E-state index is 10.9. The molecule has 5 heteroatoms. The molecule has 0 aromatic rings. The third-order valence-electron chi connectivity index (χ3n) is 2.94. The molecular weight excluding hydrogens is 218 g/mol. The van der Waals surface area contributed by atoms with E-state index >= 15 is 0 Å². The Labute approximate surface area is 92.4 Å². The molecule has 2 rings (SSSR count). The van der Waals surface area contributed by atoms with E-state index in [1.807, 2.05) is 11.8 Å². The van der Waals surface area contributed by atoms with Crippen LogP contribution in [0.25, 0.3) is 0 Å². The molecule has 2 fully saturated rings. The highest BCUT2D eigenvalue weighted by Crippen LogP contribution is 2.45. The second-order valence-electron chi connectivity index (χ2n) is 3.85. The zero-order valence-corrected chi connectivity index (χ0v) is 9.79. The van der Waals surface area contributed by atoms with Gasteiger partial charge in [-0.2, -0.15) is 11.8 Å². The lowest BCUT2D eigenvalue weighted by atomic mass is 10.1. The Kier molecular flexibility index (Phi) is 3.00. The fourth-order valence-corrected chi connectivity index (χ4v) is 5.02. The first-order valence-electron chi connectivity index (χ1n) is 4.90. The van der Waals surface area contributed by atoms with E-state index in [-0.39, 0.29) is 10.9 Å². The Balaban J connectivity index is 2.06. The number of hydrogen-bond acceptors (Lipinski definition) is 4. The molecule has 0 bridgehead atoms. The molecule has 2 aliphatic rings. The third kappa shape index (κ3) is 1.77. The highest BCUT2D eigenvalue weighted by atomic mass is 32.2. The number of rotatable bonds is 1. The summed E-state index contributed by atoms with van der Waals surface area (Å²) in [6, 6.07) is -0.346. The van der Waals surface area contributed by atoms with Crippen LogP contribution in [0.1, 0.15) is 19.8 Å². The summed E-state index contributed by atoms with van der Waals surface area (Å²) in [6.07, 6.45) is 2.30. The number of thioether (sulfide) groups is 2. The normalized spacial score (nSPS) is 42.9. The summed E-state index contributed by atoms with van der Waals surface area (Å²) >= 11 is 3.75. The van der Waals surface area contributed by atoms with Crippen molar-refractivity contribution in [3.8, 4) is 0 Å². The minimum absolute atomic E-state index is 0.0337. The summed E-state index contributed by atoms with van der Waals surface area (Å²) in [6.45, 7) is 2.20. The lowest BCUT2D eigenvalue weighted by Crippen LogP contribution is -2.52. The smallest absolute Gasteiger partial charge is 0.321 e. The van der Waals surface area contributed by atoms with Gasteiger partial charge < -0.3 is 5.11 Å². The first-order valence-corrected chi connectivity index (χ1v) is 6.93. The van der Waals surface area contributed by atoms with Crippen molar-refractivity contribution >= 4 is 29.5 Å². The monoisotopic (exact) mass is 233 g/mol. The first-order chi connectivity index (χ1) is 6.64. The van der Waals surface area contributed by atoms with Crippen LogP contribution in [0.2, 0.25) is 0 Å². The summed E-state index contributed by atoms with van der Waals surface area (Å²) in [5.74, 6) is 1.21. The Morgan fingerprint density at radius 1 is 1.64 bits per heavy atom. The van der Waals surface area contributed by atoms with Gasteiger partial charge in [-0.05, 0) is 18.6 Å². The third-order valence-corrected chi connectivity index (χ3v) is 6.21. The van der Waals surface area contributed by atoms with Crippen molar-refractivity contribution < 1.29 is 9.90 Å². The number of hydrogen-bond donors (Lipinski definition) is 2. The average Bonchev–Trinajstić information content (AvgIpc) is 2.56. The van der Waals surface area contributed by atoms with Crippen LogP contribution < -0.4 is 5.32 Å². The second kappa shape index (κ2) is 3.94. The second-order valence-corrected chi connectivity index (χ2v) is 6.65. The van der Waals surface area contributed by atoms with Crippen LogP contribution in [-0.2, 0) is 4.79 Å². The van der Waals surface area contributed by atoms with Crippen LogP contribution in [0.3, 0.4) is 0 Å². The van der Waals surface area contributed by atoms with Crippen molar-refractivity contribution in [2.75, 3.05) is 11.5 Å². The largest absolute Gasteiger partial charge is 0.480 e. The first kappa shape index (κ1) is 10.6. The van der Waals surface area contributed by atoms with Crippen molar-refractivity contribution in [1.29, 1.82) is 0 Å². The summed E-state index contributed by atoms with van der Waals surface area (Å²) < 4.78 is 0. The molecule has 0 aromatic heterocycles.